The zero-order valence-electron chi connectivity index (χ0n) is 14.4. The maximum absolute atomic E-state index is 13.3. The molecule has 2 N–H and O–H groups in total. The van der Waals surface area contributed by atoms with Crippen LogP contribution in [0.4, 0.5) is 10.1 Å². The summed E-state index contributed by atoms with van der Waals surface area (Å²) in [5.41, 5.74) is 1.27. The molecule has 0 aliphatic heterocycles. The van der Waals surface area contributed by atoms with E-state index in [1.165, 1.54) is 60.9 Å². The highest BCUT2D eigenvalue weighted by molar-refractivity contribution is 9.10. The summed E-state index contributed by atoms with van der Waals surface area (Å²) in [4.78, 5) is 16.1. The number of nitrogens with one attached hydrogen (secondary N) is 2. The Kier molecular flexibility index (Phi) is 6.05. The molecule has 1 aromatic heterocycles. The number of pyridine rings is 1. The van der Waals surface area contributed by atoms with Crippen molar-refractivity contribution in [1.29, 1.82) is 0 Å². The third-order valence-electron chi connectivity index (χ3n) is 3.81. The molecule has 144 valence electrons. The maximum Gasteiger partial charge on any atom is 0.261 e. The number of hydrogen-bond donors (Lipinski definition) is 2. The fourth-order valence-electron chi connectivity index (χ4n) is 2.38. The molecule has 0 saturated heterocycles. The number of halogens is 2. The standard InChI is InChI=1S/C19H15BrFN3O3S/c20-18-6-3-15(21)11-14(18)12-23-19(25)13-1-4-17(5-2-13)28(26,27)24-16-7-9-22-10-8-16/h1-11H,12H2,(H,22,24)(H,23,25). The molecule has 9 heteroatoms. The summed E-state index contributed by atoms with van der Waals surface area (Å²) in [6.45, 7) is 0.126. The fourth-order valence-corrected chi connectivity index (χ4v) is 3.82. The molecule has 0 saturated carbocycles. The fraction of sp³-hybridized carbons (Fsp3) is 0.0526. The normalized spacial score (nSPS) is 11.1. The van der Waals surface area contributed by atoms with E-state index in [2.05, 4.69) is 31.0 Å². The summed E-state index contributed by atoms with van der Waals surface area (Å²) < 4.78 is 41.2. The third-order valence-corrected chi connectivity index (χ3v) is 5.98. The van der Waals surface area contributed by atoms with Crippen molar-refractivity contribution in [3.63, 3.8) is 0 Å². The number of carbonyl (C=O) groups is 1. The largest absolute Gasteiger partial charge is 0.348 e. The van der Waals surface area contributed by atoms with E-state index >= 15 is 0 Å². The number of carbonyl (C=O) groups excluding carboxylic acids is 1. The van der Waals surface area contributed by atoms with E-state index in [-0.39, 0.29) is 17.0 Å². The van der Waals surface area contributed by atoms with Crippen molar-refractivity contribution in [2.75, 3.05) is 4.72 Å². The Hall–Kier alpha value is -2.78. The summed E-state index contributed by atoms with van der Waals surface area (Å²) in [5.74, 6) is -0.800. The van der Waals surface area contributed by atoms with Crippen LogP contribution in [0.5, 0.6) is 0 Å². The van der Waals surface area contributed by atoms with Crippen molar-refractivity contribution in [3.05, 3.63) is 88.4 Å². The zero-order valence-corrected chi connectivity index (χ0v) is 16.8. The van der Waals surface area contributed by atoms with E-state index in [0.29, 0.717) is 15.7 Å². The molecule has 6 nitrogen and oxygen atoms in total. The summed E-state index contributed by atoms with van der Waals surface area (Å²) in [5, 5.41) is 2.67. The second kappa shape index (κ2) is 8.49. The molecule has 0 aliphatic rings. The highest BCUT2D eigenvalue weighted by atomic mass is 79.9. The molecular weight excluding hydrogens is 449 g/mol. The lowest BCUT2D eigenvalue weighted by Crippen LogP contribution is -2.23. The van der Waals surface area contributed by atoms with Crippen LogP contribution in [0.1, 0.15) is 15.9 Å². The van der Waals surface area contributed by atoms with Crippen LogP contribution in [-0.2, 0) is 16.6 Å². The van der Waals surface area contributed by atoms with E-state index in [1.807, 2.05) is 0 Å². The van der Waals surface area contributed by atoms with Crippen molar-refractivity contribution in [2.45, 2.75) is 11.4 Å². The van der Waals surface area contributed by atoms with Gasteiger partial charge in [-0.3, -0.25) is 14.5 Å². The number of sulfonamides is 1. The van der Waals surface area contributed by atoms with E-state index in [0.717, 1.165) is 0 Å². The average molecular weight is 464 g/mol. The third kappa shape index (κ3) is 4.93. The molecule has 0 bridgehead atoms. The van der Waals surface area contributed by atoms with Crippen LogP contribution in [-0.4, -0.2) is 19.3 Å². The Balaban J connectivity index is 1.68. The molecule has 0 unspecified atom stereocenters. The van der Waals surface area contributed by atoms with Crippen molar-refractivity contribution in [3.8, 4) is 0 Å². The van der Waals surface area contributed by atoms with E-state index in [4.69, 9.17) is 0 Å². The van der Waals surface area contributed by atoms with E-state index in [1.54, 1.807) is 6.07 Å². The lowest BCUT2D eigenvalue weighted by atomic mass is 10.2. The summed E-state index contributed by atoms with van der Waals surface area (Å²) >= 11 is 3.30. The number of amides is 1. The van der Waals surface area contributed by atoms with Crippen molar-refractivity contribution < 1.29 is 17.6 Å². The minimum absolute atomic E-state index is 0.0220. The van der Waals surface area contributed by atoms with Gasteiger partial charge in [-0.2, -0.15) is 0 Å². The summed E-state index contributed by atoms with van der Waals surface area (Å²) in [6, 6.07) is 12.8. The predicted octanol–water partition coefficient (Wildman–Crippen LogP) is 3.71. The Morgan fingerprint density at radius 2 is 1.71 bits per heavy atom. The second-order valence-corrected chi connectivity index (χ2v) is 8.32. The highest BCUT2D eigenvalue weighted by Gasteiger charge is 2.15. The summed E-state index contributed by atoms with van der Waals surface area (Å²) in [6.07, 6.45) is 2.95. The molecule has 0 spiro atoms. The molecule has 28 heavy (non-hydrogen) atoms. The van der Waals surface area contributed by atoms with Crippen LogP contribution in [0.25, 0.3) is 0 Å². The number of hydrogen-bond acceptors (Lipinski definition) is 4. The molecule has 1 amide bonds. The molecule has 3 aromatic rings. The van der Waals surface area contributed by atoms with Crippen LogP contribution in [0.3, 0.4) is 0 Å². The Morgan fingerprint density at radius 3 is 2.39 bits per heavy atom. The molecule has 2 aromatic carbocycles. The monoisotopic (exact) mass is 463 g/mol. The molecule has 3 rings (SSSR count). The van der Waals surface area contributed by atoms with Crippen LogP contribution in [0, 0.1) is 5.82 Å². The quantitative estimate of drug-likeness (QED) is 0.582. The average Bonchev–Trinajstić information content (AvgIpc) is 2.69. The van der Waals surface area contributed by atoms with Gasteiger partial charge in [0.25, 0.3) is 15.9 Å². The second-order valence-electron chi connectivity index (χ2n) is 5.78. The minimum Gasteiger partial charge on any atom is -0.348 e. The topological polar surface area (TPSA) is 88.2 Å². The Labute approximate surface area is 170 Å². The van der Waals surface area contributed by atoms with Gasteiger partial charge in [0.1, 0.15) is 5.82 Å². The van der Waals surface area contributed by atoms with Gasteiger partial charge < -0.3 is 5.32 Å². The molecule has 0 atom stereocenters. The first-order valence-electron chi connectivity index (χ1n) is 8.10. The van der Waals surface area contributed by atoms with Crippen LogP contribution in [0.2, 0.25) is 0 Å². The van der Waals surface area contributed by atoms with Gasteiger partial charge in [-0.1, -0.05) is 15.9 Å². The number of aromatic nitrogens is 1. The molecular formula is C19H15BrFN3O3S. The molecule has 1 heterocycles. The highest BCUT2D eigenvalue weighted by Crippen LogP contribution is 2.18. The van der Waals surface area contributed by atoms with Crippen LogP contribution < -0.4 is 10.0 Å². The number of benzene rings is 2. The number of rotatable bonds is 6. The van der Waals surface area contributed by atoms with Gasteiger partial charge in [0.15, 0.2) is 0 Å². The Bertz CT molecular complexity index is 1090. The number of nitrogens with zero attached hydrogens (tertiary/aromatic N) is 1. The van der Waals surface area contributed by atoms with Gasteiger partial charge in [0, 0.05) is 29.0 Å². The van der Waals surface area contributed by atoms with Gasteiger partial charge >= 0.3 is 0 Å². The lowest BCUT2D eigenvalue weighted by molar-refractivity contribution is 0.0950. The first-order chi connectivity index (χ1) is 13.3. The lowest BCUT2D eigenvalue weighted by Gasteiger charge is -2.10. The Morgan fingerprint density at radius 1 is 1.04 bits per heavy atom. The van der Waals surface area contributed by atoms with E-state index < -0.39 is 21.7 Å². The smallest absolute Gasteiger partial charge is 0.261 e. The van der Waals surface area contributed by atoms with Gasteiger partial charge in [-0.15, -0.1) is 0 Å². The SMILES string of the molecule is O=C(NCc1cc(F)ccc1Br)c1ccc(S(=O)(=O)Nc2ccncc2)cc1. The molecule has 0 aliphatic carbocycles. The first kappa shape index (κ1) is 20.0. The van der Waals surface area contributed by atoms with Crippen molar-refractivity contribution in [2.24, 2.45) is 0 Å². The van der Waals surface area contributed by atoms with Gasteiger partial charge in [-0.25, -0.2) is 12.8 Å². The maximum atomic E-state index is 13.3. The van der Waals surface area contributed by atoms with Gasteiger partial charge in [0.05, 0.1) is 10.6 Å². The summed E-state index contributed by atoms with van der Waals surface area (Å²) in [7, 11) is -3.78. The van der Waals surface area contributed by atoms with Crippen LogP contribution >= 0.6 is 15.9 Å². The molecule has 0 radical (unpaired) electrons. The number of anilines is 1. The van der Waals surface area contributed by atoms with Crippen molar-refractivity contribution in [1.82, 2.24) is 10.3 Å². The van der Waals surface area contributed by atoms with Gasteiger partial charge in [0.2, 0.25) is 0 Å². The minimum atomic E-state index is -3.78. The first-order valence-corrected chi connectivity index (χ1v) is 10.4. The van der Waals surface area contributed by atoms with Crippen molar-refractivity contribution >= 4 is 37.5 Å². The zero-order chi connectivity index (χ0) is 20.1. The van der Waals surface area contributed by atoms with Gasteiger partial charge in [-0.05, 0) is 60.2 Å². The van der Waals surface area contributed by atoms with Crippen LogP contribution in [0.15, 0.2) is 76.4 Å². The molecule has 0 fully saturated rings. The predicted molar refractivity (Wildman–Crippen MR) is 107 cm³/mol. The van der Waals surface area contributed by atoms with E-state index in [9.17, 15) is 17.6 Å².